The van der Waals surface area contributed by atoms with Crippen LogP contribution in [0.15, 0.2) is 48.5 Å². The van der Waals surface area contributed by atoms with Gasteiger partial charge in [0.1, 0.15) is 0 Å². The summed E-state index contributed by atoms with van der Waals surface area (Å²) in [6.45, 7) is 5.12. The number of nitrogens with one attached hydrogen (secondary N) is 3. The summed E-state index contributed by atoms with van der Waals surface area (Å²) < 4.78 is 11.3. The van der Waals surface area contributed by atoms with E-state index in [2.05, 4.69) is 16.0 Å². The van der Waals surface area contributed by atoms with Crippen LogP contribution in [0.4, 0.5) is 16.2 Å². The van der Waals surface area contributed by atoms with Crippen molar-refractivity contribution in [3.05, 3.63) is 54.1 Å². The normalized spacial score (nSPS) is 13.0. The van der Waals surface area contributed by atoms with E-state index in [4.69, 9.17) is 9.47 Å². The zero-order valence-corrected chi connectivity index (χ0v) is 17.9. The van der Waals surface area contributed by atoms with Gasteiger partial charge in [-0.05, 0) is 74.2 Å². The molecule has 3 N–H and O–H groups in total. The van der Waals surface area contributed by atoms with Gasteiger partial charge in [0.15, 0.2) is 11.5 Å². The molecule has 0 saturated heterocycles. The first-order chi connectivity index (χ1) is 15.1. The van der Waals surface area contributed by atoms with Crippen molar-refractivity contribution in [2.45, 2.75) is 39.2 Å². The summed E-state index contributed by atoms with van der Waals surface area (Å²) >= 11 is 0. The molecule has 7 nitrogen and oxygen atoms in total. The first kappa shape index (κ1) is 22.2. The minimum atomic E-state index is -0.253. The van der Waals surface area contributed by atoms with E-state index in [1.807, 2.05) is 32.0 Å². The Kier molecular flexibility index (Phi) is 7.92. The van der Waals surface area contributed by atoms with Crippen molar-refractivity contribution in [3.8, 4) is 11.5 Å². The average molecular weight is 424 g/mol. The van der Waals surface area contributed by atoms with Crippen molar-refractivity contribution in [3.63, 3.8) is 0 Å². The van der Waals surface area contributed by atoms with Crippen molar-refractivity contribution >= 4 is 29.4 Å². The van der Waals surface area contributed by atoms with Crippen molar-refractivity contribution < 1.29 is 19.1 Å². The maximum absolute atomic E-state index is 12.3. The van der Waals surface area contributed by atoms with Gasteiger partial charge >= 0.3 is 6.03 Å². The Morgan fingerprint density at radius 3 is 2.32 bits per heavy atom. The van der Waals surface area contributed by atoms with Crippen LogP contribution in [0.2, 0.25) is 0 Å². The maximum Gasteiger partial charge on any atom is 0.319 e. The summed E-state index contributed by atoms with van der Waals surface area (Å²) in [7, 11) is 0. The Labute approximate surface area is 182 Å². The SMILES string of the molecule is CCCOc1ccc(/C=C/C(=O)Nc2ccc(NC(=O)NC3CC3)cc2)cc1OCC. The molecule has 0 bridgehead atoms. The molecule has 0 radical (unpaired) electrons. The molecule has 1 fully saturated rings. The lowest BCUT2D eigenvalue weighted by molar-refractivity contribution is -0.111. The summed E-state index contributed by atoms with van der Waals surface area (Å²) in [5, 5.41) is 8.44. The van der Waals surface area contributed by atoms with E-state index in [0.717, 1.165) is 24.8 Å². The first-order valence-electron chi connectivity index (χ1n) is 10.6. The van der Waals surface area contributed by atoms with E-state index in [1.54, 1.807) is 30.3 Å². The van der Waals surface area contributed by atoms with Crippen LogP contribution in [0.3, 0.4) is 0 Å². The highest BCUT2D eigenvalue weighted by Crippen LogP contribution is 2.29. The molecule has 164 valence electrons. The Morgan fingerprint density at radius 1 is 0.968 bits per heavy atom. The van der Waals surface area contributed by atoms with Crippen LogP contribution >= 0.6 is 0 Å². The number of benzene rings is 2. The van der Waals surface area contributed by atoms with Crippen molar-refractivity contribution in [1.29, 1.82) is 0 Å². The van der Waals surface area contributed by atoms with Gasteiger partial charge in [0, 0.05) is 23.5 Å². The molecule has 0 aliphatic heterocycles. The lowest BCUT2D eigenvalue weighted by Gasteiger charge is -2.12. The number of amides is 3. The number of hydrogen-bond donors (Lipinski definition) is 3. The molecule has 0 heterocycles. The van der Waals surface area contributed by atoms with Gasteiger partial charge in [0.05, 0.1) is 13.2 Å². The van der Waals surface area contributed by atoms with Gasteiger partial charge in [-0.2, -0.15) is 0 Å². The van der Waals surface area contributed by atoms with Crippen LogP contribution < -0.4 is 25.4 Å². The van der Waals surface area contributed by atoms with Gasteiger partial charge in [-0.25, -0.2) is 4.79 Å². The van der Waals surface area contributed by atoms with Crippen molar-refractivity contribution in [2.75, 3.05) is 23.8 Å². The number of carbonyl (C=O) groups is 2. The molecule has 1 saturated carbocycles. The molecule has 1 aliphatic rings. The van der Waals surface area contributed by atoms with E-state index in [0.29, 0.717) is 42.1 Å². The highest BCUT2D eigenvalue weighted by Gasteiger charge is 2.23. The fourth-order valence-corrected chi connectivity index (χ4v) is 2.80. The van der Waals surface area contributed by atoms with Crippen LogP contribution in [0.1, 0.15) is 38.7 Å². The third-order valence-corrected chi connectivity index (χ3v) is 4.48. The first-order valence-corrected chi connectivity index (χ1v) is 10.6. The van der Waals surface area contributed by atoms with Crippen LogP contribution in [0, 0.1) is 0 Å². The highest BCUT2D eigenvalue weighted by molar-refractivity contribution is 6.02. The van der Waals surface area contributed by atoms with E-state index < -0.39 is 0 Å². The largest absolute Gasteiger partial charge is 0.490 e. The number of carbonyl (C=O) groups excluding carboxylic acids is 2. The highest BCUT2D eigenvalue weighted by atomic mass is 16.5. The fraction of sp³-hybridized carbons (Fsp3) is 0.333. The second-order valence-corrected chi connectivity index (χ2v) is 7.26. The summed E-state index contributed by atoms with van der Waals surface area (Å²) in [4.78, 5) is 24.0. The maximum atomic E-state index is 12.3. The Hall–Kier alpha value is -3.48. The smallest absolute Gasteiger partial charge is 0.319 e. The zero-order valence-electron chi connectivity index (χ0n) is 17.9. The molecule has 31 heavy (non-hydrogen) atoms. The monoisotopic (exact) mass is 423 g/mol. The number of hydrogen-bond acceptors (Lipinski definition) is 4. The van der Waals surface area contributed by atoms with Crippen LogP contribution in [0.5, 0.6) is 11.5 Å². The topological polar surface area (TPSA) is 88.7 Å². The lowest BCUT2D eigenvalue weighted by Crippen LogP contribution is -2.30. The Bertz CT molecular complexity index is 921. The minimum absolute atomic E-state index is 0.209. The van der Waals surface area contributed by atoms with E-state index in [-0.39, 0.29) is 11.9 Å². The standard InChI is InChI=1S/C24H29N3O4/c1-3-15-31-21-13-5-17(16-22(21)30-4-2)6-14-23(28)25-18-7-9-19(10-8-18)26-24(29)27-20-11-12-20/h5-10,13-14,16,20H,3-4,11-12,15H2,1-2H3,(H,25,28)(H2,26,27,29)/b14-6+. The van der Waals surface area contributed by atoms with E-state index in [1.165, 1.54) is 6.08 Å². The van der Waals surface area contributed by atoms with Gasteiger partial charge in [-0.3, -0.25) is 4.79 Å². The number of ether oxygens (including phenoxy) is 2. The number of rotatable bonds is 10. The van der Waals surface area contributed by atoms with Crippen LogP contribution in [-0.4, -0.2) is 31.2 Å². The fourth-order valence-electron chi connectivity index (χ4n) is 2.80. The van der Waals surface area contributed by atoms with Crippen LogP contribution in [0.25, 0.3) is 6.08 Å². The molecule has 1 aliphatic carbocycles. The molecule has 2 aromatic carbocycles. The van der Waals surface area contributed by atoms with Gasteiger partial charge < -0.3 is 25.4 Å². The molecule has 7 heteroatoms. The van der Waals surface area contributed by atoms with Gasteiger partial charge in [0.25, 0.3) is 0 Å². The molecular formula is C24H29N3O4. The second kappa shape index (κ2) is 11.1. The molecule has 0 spiro atoms. The van der Waals surface area contributed by atoms with E-state index >= 15 is 0 Å². The zero-order chi connectivity index (χ0) is 22.1. The average Bonchev–Trinajstić information content (AvgIpc) is 3.57. The summed E-state index contributed by atoms with van der Waals surface area (Å²) in [5.74, 6) is 1.11. The molecule has 0 aromatic heterocycles. The molecule has 2 aromatic rings. The molecule has 0 unspecified atom stereocenters. The van der Waals surface area contributed by atoms with Gasteiger partial charge in [-0.15, -0.1) is 0 Å². The van der Waals surface area contributed by atoms with E-state index in [9.17, 15) is 9.59 Å². The quantitative estimate of drug-likeness (QED) is 0.479. The number of urea groups is 1. The Morgan fingerprint density at radius 2 is 1.68 bits per heavy atom. The number of anilines is 2. The summed E-state index contributed by atoms with van der Waals surface area (Å²) in [6, 6.07) is 12.6. The predicted molar refractivity (Wildman–Crippen MR) is 123 cm³/mol. The predicted octanol–water partition coefficient (Wildman–Crippen LogP) is 4.81. The molecular weight excluding hydrogens is 394 g/mol. The second-order valence-electron chi connectivity index (χ2n) is 7.26. The minimum Gasteiger partial charge on any atom is -0.490 e. The third kappa shape index (κ3) is 7.37. The van der Waals surface area contributed by atoms with Gasteiger partial charge in [-0.1, -0.05) is 13.0 Å². The van der Waals surface area contributed by atoms with Crippen molar-refractivity contribution in [1.82, 2.24) is 5.32 Å². The molecule has 3 rings (SSSR count). The molecule has 3 amide bonds. The van der Waals surface area contributed by atoms with Crippen LogP contribution in [-0.2, 0) is 4.79 Å². The Balaban J connectivity index is 1.54. The lowest BCUT2D eigenvalue weighted by atomic mass is 10.2. The third-order valence-electron chi connectivity index (χ3n) is 4.48. The molecule has 0 atom stereocenters. The summed E-state index contributed by atoms with van der Waals surface area (Å²) in [5.41, 5.74) is 2.14. The van der Waals surface area contributed by atoms with Gasteiger partial charge in [0.2, 0.25) is 5.91 Å². The summed E-state index contributed by atoms with van der Waals surface area (Å²) in [6.07, 6.45) is 6.18. The van der Waals surface area contributed by atoms with Crippen molar-refractivity contribution in [2.24, 2.45) is 0 Å².